The van der Waals surface area contributed by atoms with Gasteiger partial charge in [-0.25, -0.2) is 4.39 Å². The summed E-state index contributed by atoms with van der Waals surface area (Å²) < 4.78 is 12.8. The smallest absolute Gasteiger partial charge is 0.234 e. The summed E-state index contributed by atoms with van der Waals surface area (Å²) in [5, 5.41) is 0. The highest BCUT2D eigenvalue weighted by Crippen LogP contribution is 2.63. The number of carbonyl (C=O) groups excluding carboxylic acids is 3. The van der Waals surface area contributed by atoms with Gasteiger partial charge in [0.1, 0.15) is 5.82 Å². The molecule has 0 radical (unpaired) electrons. The third-order valence-electron chi connectivity index (χ3n) is 4.54. The van der Waals surface area contributed by atoms with E-state index in [-0.39, 0.29) is 53.6 Å². The van der Waals surface area contributed by atoms with Crippen molar-refractivity contribution >= 4 is 17.6 Å². The third-order valence-corrected chi connectivity index (χ3v) is 4.54. The minimum Gasteiger partial charge on any atom is -0.297 e. The number of rotatable bonds is 4. The summed E-state index contributed by atoms with van der Waals surface area (Å²) in [6, 6.07) is 5.63. The number of hydrogen-bond acceptors (Lipinski definition) is 3. The summed E-state index contributed by atoms with van der Waals surface area (Å²) in [4.78, 5) is 37.3. The van der Waals surface area contributed by atoms with Crippen LogP contribution in [0, 0.1) is 23.1 Å². The van der Waals surface area contributed by atoms with Crippen LogP contribution in [0.25, 0.3) is 0 Å². The number of nitrogens with zero attached hydrogens (tertiary/aromatic N) is 1. The summed E-state index contributed by atoms with van der Waals surface area (Å²) in [6.45, 7) is 3.61. The predicted molar refractivity (Wildman–Crippen MR) is 72.6 cm³/mol. The normalized spacial score (nSPS) is 26.0. The largest absolute Gasteiger partial charge is 0.297 e. The molecule has 1 saturated heterocycles. The van der Waals surface area contributed by atoms with E-state index in [1.807, 2.05) is 13.8 Å². The Labute approximate surface area is 121 Å². The minimum absolute atomic E-state index is 0.0933. The van der Waals surface area contributed by atoms with Crippen LogP contribution in [0.5, 0.6) is 0 Å². The van der Waals surface area contributed by atoms with Gasteiger partial charge in [-0.15, -0.1) is 0 Å². The number of ketones is 1. The van der Waals surface area contributed by atoms with E-state index in [2.05, 4.69) is 0 Å². The monoisotopic (exact) mass is 289 g/mol. The van der Waals surface area contributed by atoms with E-state index in [1.54, 1.807) is 0 Å². The van der Waals surface area contributed by atoms with Crippen LogP contribution in [-0.4, -0.2) is 29.0 Å². The second-order valence-corrected chi connectivity index (χ2v) is 6.38. The van der Waals surface area contributed by atoms with Crippen LogP contribution in [0.15, 0.2) is 24.3 Å². The topological polar surface area (TPSA) is 54.5 Å². The Hall–Kier alpha value is -2.04. The third kappa shape index (κ3) is 2.17. The van der Waals surface area contributed by atoms with Crippen molar-refractivity contribution in [3.8, 4) is 0 Å². The van der Waals surface area contributed by atoms with Gasteiger partial charge in [-0.05, 0) is 23.1 Å². The molecular formula is C16H16FNO3. The number of imide groups is 1. The lowest BCUT2D eigenvalue weighted by Gasteiger charge is -2.19. The van der Waals surface area contributed by atoms with Crippen LogP contribution >= 0.6 is 0 Å². The van der Waals surface area contributed by atoms with Crippen molar-refractivity contribution in [3.63, 3.8) is 0 Å². The fourth-order valence-electron chi connectivity index (χ4n) is 3.22. The summed E-state index contributed by atoms with van der Waals surface area (Å²) in [5.41, 5.74) is 0.413. The summed E-state index contributed by atoms with van der Waals surface area (Å²) >= 11 is 0. The molecule has 2 fully saturated rings. The van der Waals surface area contributed by atoms with Gasteiger partial charge in [0.05, 0.1) is 18.4 Å². The van der Waals surface area contributed by atoms with Crippen molar-refractivity contribution in [2.45, 2.75) is 20.3 Å². The molecule has 2 unspecified atom stereocenters. The Kier molecular flexibility index (Phi) is 2.97. The number of Topliss-reactive ketones (excluding diaryl/α,β-unsaturated/α-hetero) is 1. The highest BCUT2D eigenvalue weighted by Gasteiger charge is 2.72. The fraction of sp³-hybridized carbons (Fsp3) is 0.438. The van der Waals surface area contributed by atoms with Gasteiger partial charge in [0.15, 0.2) is 5.78 Å². The van der Waals surface area contributed by atoms with Gasteiger partial charge in [-0.3, -0.25) is 19.3 Å². The second-order valence-electron chi connectivity index (χ2n) is 6.38. The Morgan fingerprint density at radius 3 is 2.19 bits per heavy atom. The zero-order chi connectivity index (χ0) is 15.4. The molecule has 1 saturated carbocycles. The van der Waals surface area contributed by atoms with E-state index >= 15 is 0 Å². The molecule has 0 aromatic heterocycles. The number of piperidine rings is 1. The number of benzene rings is 1. The van der Waals surface area contributed by atoms with Gasteiger partial charge in [0.25, 0.3) is 0 Å². The lowest BCUT2D eigenvalue weighted by atomic mass is 10.0. The molecule has 5 heteroatoms. The number of fused-ring (bicyclic) bond motifs is 1. The van der Waals surface area contributed by atoms with Gasteiger partial charge < -0.3 is 0 Å². The Balaban J connectivity index is 1.63. The van der Waals surface area contributed by atoms with Crippen LogP contribution in [0.3, 0.4) is 0 Å². The molecule has 2 amide bonds. The average Bonchev–Trinajstić information content (AvgIpc) is 2.89. The lowest BCUT2D eigenvalue weighted by molar-refractivity contribution is -0.145. The van der Waals surface area contributed by atoms with Crippen LogP contribution < -0.4 is 0 Å². The van der Waals surface area contributed by atoms with Crippen LogP contribution in [0.4, 0.5) is 4.39 Å². The molecule has 21 heavy (non-hydrogen) atoms. The summed E-state index contributed by atoms with van der Waals surface area (Å²) in [5.74, 6) is -1.57. The maximum absolute atomic E-state index is 12.8. The van der Waals surface area contributed by atoms with Crippen molar-refractivity contribution in [1.82, 2.24) is 4.90 Å². The fourth-order valence-corrected chi connectivity index (χ4v) is 3.22. The molecular weight excluding hydrogens is 273 g/mol. The van der Waals surface area contributed by atoms with Crippen molar-refractivity contribution < 1.29 is 18.8 Å². The number of likely N-dealkylation sites (tertiary alicyclic amines) is 1. The SMILES string of the molecule is CC1(C)C2C(=O)N(CC(=O)Cc3ccc(F)cc3)C(=O)C21. The predicted octanol–water partition coefficient (Wildman–Crippen LogP) is 1.58. The van der Waals surface area contributed by atoms with Crippen LogP contribution in [0.1, 0.15) is 19.4 Å². The second kappa shape index (κ2) is 4.48. The maximum Gasteiger partial charge on any atom is 0.234 e. The molecule has 1 heterocycles. The lowest BCUT2D eigenvalue weighted by Crippen LogP contribution is -2.40. The van der Waals surface area contributed by atoms with Gasteiger partial charge >= 0.3 is 0 Å². The summed E-state index contributed by atoms with van der Waals surface area (Å²) in [6.07, 6.45) is 0.0933. The Morgan fingerprint density at radius 2 is 1.67 bits per heavy atom. The van der Waals surface area contributed by atoms with E-state index in [0.29, 0.717) is 5.56 Å². The Morgan fingerprint density at radius 1 is 1.14 bits per heavy atom. The molecule has 1 aliphatic heterocycles. The molecule has 2 aliphatic rings. The highest BCUT2D eigenvalue weighted by atomic mass is 19.1. The van der Waals surface area contributed by atoms with Gasteiger partial charge in [0, 0.05) is 6.42 Å². The summed E-state index contributed by atoms with van der Waals surface area (Å²) in [7, 11) is 0. The molecule has 0 spiro atoms. The number of halogens is 1. The van der Waals surface area contributed by atoms with Crippen molar-refractivity contribution in [1.29, 1.82) is 0 Å². The van der Waals surface area contributed by atoms with Gasteiger partial charge in [-0.1, -0.05) is 26.0 Å². The maximum atomic E-state index is 12.8. The number of amides is 2. The van der Waals surface area contributed by atoms with Gasteiger partial charge in [-0.2, -0.15) is 0 Å². The average molecular weight is 289 g/mol. The van der Waals surface area contributed by atoms with E-state index in [1.165, 1.54) is 24.3 Å². The first kappa shape index (κ1) is 13.9. The van der Waals surface area contributed by atoms with Crippen molar-refractivity contribution in [2.24, 2.45) is 17.3 Å². The molecule has 2 atom stereocenters. The van der Waals surface area contributed by atoms with Crippen molar-refractivity contribution in [3.05, 3.63) is 35.6 Å². The van der Waals surface area contributed by atoms with E-state index in [4.69, 9.17) is 0 Å². The molecule has 110 valence electrons. The van der Waals surface area contributed by atoms with E-state index in [9.17, 15) is 18.8 Å². The van der Waals surface area contributed by atoms with Gasteiger partial charge in [0.2, 0.25) is 11.8 Å². The first-order valence-electron chi connectivity index (χ1n) is 6.93. The molecule has 1 aromatic rings. The quantitative estimate of drug-likeness (QED) is 0.791. The highest BCUT2D eigenvalue weighted by molar-refractivity contribution is 6.12. The first-order chi connectivity index (χ1) is 9.82. The first-order valence-corrected chi connectivity index (χ1v) is 6.93. The molecule has 1 aliphatic carbocycles. The standard InChI is InChI=1S/C16H16FNO3/c1-16(2)12-13(16)15(21)18(14(12)20)8-11(19)7-9-3-5-10(17)6-4-9/h3-6,12-13H,7-8H2,1-2H3. The van der Waals surface area contributed by atoms with E-state index < -0.39 is 0 Å². The molecule has 0 bridgehead atoms. The zero-order valence-electron chi connectivity index (χ0n) is 11.9. The molecule has 3 rings (SSSR count). The molecule has 0 N–H and O–H groups in total. The Bertz CT molecular complexity index is 611. The van der Waals surface area contributed by atoms with Crippen molar-refractivity contribution in [2.75, 3.05) is 6.54 Å². The van der Waals surface area contributed by atoms with Crippen LogP contribution in [0.2, 0.25) is 0 Å². The zero-order valence-corrected chi connectivity index (χ0v) is 11.9. The number of hydrogen-bond donors (Lipinski definition) is 0. The van der Waals surface area contributed by atoms with Crippen LogP contribution in [-0.2, 0) is 20.8 Å². The molecule has 1 aromatic carbocycles. The molecule has 4 nitrogen and oxygen atoms in total. The number of carbonyl (C=O) groups is 3. The minimum atomic E-state index is -0.363. The van der Waals surface area contributed by atoms with E-state index in [0.717, 1.165) is 4.90 Å².